The predicted octanol–water partition coefficient (Wildman–Crippen LogP) is 13.1. The van der Waals surface area contributed by atoms with E-state index in [0.29, 0.717) is 0 Å². The van der Waals surface area contributed by atoms with E-state index in [1.807, 2.05) is 0 Å². The molecule has 44 heavy (non-hydrogen) atoms. The van der Waals surface area contributed by atoms with Gasteiger partial charge in [0.1, 0.15) is 0 Å². The zero-order valence-corrected chi connectivity index (χ0v) is 28.5. The molecule has 0 saturated heterocycles. The van der Waals surface area contributed by atoms with Crippen LogP contribution in [-0.4, -0.2) is 0 Å². The van der Waals surface area contributed by atoms with Gasteiger partial charge in [-0.25, -0.2) is 0 Å². The fourth-order valence-electron chi connectivity index (χ4n) is 13.7. The Morgan fingerprint density at radius 1 is 0.182 bits per heavy atom. The molecule has 0 N–H and O–H groups in total. The van der Waals surface area contributed by atoms with E-state index in [-0.39, 0.29) is 0 Å². The van der Waals surface area contributed by atoms with E-state index in [4.69, 9.17) is 0 Å². The summed E-state index contributed by atoms with van der Waals surface area (Å²) in [6.07, 6.45) is 55.1. The second kappa shape index (κ2) is 15.7. The molecule has 0 radical (unpaired) electrons. The molecule has 8 aliphatic carbocycles. The summed E-state index contributed by atoms with van der Waals surface area (Å²) < 4.78 is 0. The van der Waals surface area contributed by atoms with Crippen molar-refractivity contribution in [2.24, 2.45) is 71.0 Å². The molecule has 0 aliphatic heterocycles. The minimum Gasteiger partial charge on any atom is -0.0885 e. The smallest absolute Gasteiger partial charge is 0.0348 e. The monoisotopic (exact) mass is 597 g/mol. The summed E-state index contributed by atoms with van der Waals surface area (Å²) in [6.45, 7) is 0. The normalized spacial score (nSPS) is 48.4. The third kappa shape index (κ3) is 6.96. The Labute approximate surface area is 273 Å². The van der Waals surface area contributed by atoms with Gasteiger partial charge >= 0.3 is 0 Å². The summed E-state index contributed by atoms with van der Waals surface area (Å²) >= 11 is 0. The van der Waals surface area contributed by atoms with Gasteiger partial charge < -0.3 is 0 Å². The third-order valence-corrected chi connectivity index (χ3v) is 15.2. The maximum absolute atomic E-state index is 2.49. The molecular weight excluding hydrogens is 528 g/mol. The van der Waals surface area contributed by atoms with E-state index in [1.165, 1.54) is 128 Å². The van der Waals surface area contributed by atoms with Gasteiger partial charge in [-0.05, 0) is 199 Å². The van der Waals surface area contributed by atoms with E-state index < -0.39 is 0 Å². The predicted molar refractivity (Wildman–Crippen MR) is 189 cm³/mol. The summed E-state index contributed by atoms with van der Waals surface area (Å²) in [4.78, 5) is 0. The minimum absolute atomic E-state index is 1.06. The van der Waals surface area contributed by atoms with Crippen molar-refractivity contribution >= 4 is 0 Å². The topological polar surface area (TPSA) is 0 Å². The van der Waals surface area contributed by atoms with Crippen LogP contribution in [0.25, 0.3) is 0 Å². The highest BCUT2D eigenvalue weighted by molar-refractivity contribution is 5.04. The summed E-state index contributed by atoms with van der Waals surface area (Å²) in [5.74, 6) is 12.9. The molecular formula is C44H68. The number of rotatable bonds is 0. The van der Waals surface area contributed by atoms with Crippen molar-refractivity contribution in [2.75, 3.05) is 0 Å². The quantitative estimate of drug-likeness (QED) is 0.244. The van der Waals surface area contributed by atoms with Crippen molar-refractivity contribution in [3.05, 3.63) is 48.6 Å². The standard InChI is InChI=1S/2C22H34/c2*1-3-7-13-19-17(11-5-1)18-12-6-2-4-8-14-20(18)22-16-10-9-15-21(19)22/h2*1-4,17-22H,5-16H2/b2*3-1-,4-2-/t2*17-,18-,19+,20+,21-,22-/m00/s1. The first-order chi connectivity index (χ1) is 21.9. The van der Waals surface area contributed by atoms with E-state index >= 15 is 0 Å². The molecule has 0 heterocycles. The SMILES string of the molecule is C1=C\CC[C@@H]2[C@@H](CC/1)[C@@H]1CC/C=C\CC[C@H]1[C@@H]1CCCC[C@@H]21.C1=C\CC[C@@H]2[C@@H](CC/1)[C@@H]1CC/C=C\CC[C@H]1[C@@H]1CCCC[C@@H]21. The number of allylic oxidation sites excluding steroid dienone is 8. The van der Waals surface area contributed by atoms with E-state index in [0.717, 1.165) is 71.0 Å². The van der Waals surface area contributed by atoms with Crippen LogP contribution in [0.2, 0.25) is 0 Å². The molecule has 0 aromatic rings. The maximum atomic E-state index is 2.49. The molecule has 12 atom stereocenters. The number of hydrogen-bond donors (Lipinski definition) is 0. The Balaban J connectivity index is 0.000000142. The van der Waals surface area contributed by atoms with E-state index in [2.05, 4.69) is 48.6 Å². The molecule has 4 saturated carbocycles. The van der Waals surface area contributed by atoms with E-state index in [1.54, 1.807) is 25.7 Å². The first-order valence-electron chi connectivity index (χ1n) is 20.5. The summed E-state index contributed by atoms with van der Waals surface area (Å²) in [5, 5.41) is 0. The van der Waals surface area contributed by atoms with Crippen LogP contribution in [-0.2, 0) is 0 Å². The second-order valence-corrected chi connectivity index (χ2v) is 17.0. The van der Waals surface area contributed by atoms with Gasteiger partial charge in [0.05, 0.1) is 0 Å². The van der Waals surface area contributed by atoms with Crippen LogP contribution >= 0.6 is 0 Å². The van der Waals surface area contributed by atoms with Crippen LogP contribution < -0.4 is 0 Å². The Hall–Kier alpha value is -1.04. The molecule has 0 heteroatoms. The Morgan fingerprint density at radius 3 is 0.477 bits per heavy atom. The Bertz CT molecular complexity index is 836. The summed E-state index contributed by atoms with van der Waals surface area (Å²) in [7, 11) is 0. The third-order valence-electron chi connectivity index (χ3n) is 15.2. The van der Waals surface area contributed by atoms with Crippen LogP contribution in [0.15, 0.2) is 48.6 Å². The average molecular weight is 597 g/mol. The van der Waals surface area contributed by atoms with Gasteiger partial charge in [-0.1, -0.05) is 74.3 Å². The van der Waals surface area contributed by atoms with Gasteiger partial charge in [0, 0.05) is 0 Å². The van der Waals surface area contributed by atoms with Crippen molar-refractivity contribution in [3.8, 4) is 0 Å². The summed E-state index contributed by atoms with van der Waals surface area (Å²) in [6, 6.07) is 0. The molecule has 0 aromatic heterocycles. The molecule has 8 aliphatic rings. The number of fused-ring (bicyclic) bond motifs is 12. The molecule has 0 aromatic carbocycles. The van der Waals surface area contributed by atoms with Crippen molar-refractivity contribution < 1.29 is 0 Å². The van der Waals surface area contributed by atoms with Gasteiger partial charge in [0.15, 0.2) is 0 Å². The van der Waals surface area contributed by atoms with Crippen molar-refractivity contribution in [1.29, 1.82) is 0 Å². The zero-order chi connectivity index (χ0) is 29.6. The highest BCUT2D eigenvalue weighted by atomic mass is 14.6. The molecule has 244 valence electrons. The van der Waals surface area contributed by atoms with Gasteiger partial charge in [0.25, 0.3) is 0 Å². The van der Waals surface area contributed by atoms with Crippen LogP contribution in [0.1, 0.15) is 154 Å². The average Bonchev–Trinajstić information content (AvgIpc) is 2.99. The Kier molecular flexibility index (Phi) is 11.3. The van der Waals surface area contributed by atoms with Crippen molar-refractivity contribution in [2.45, 2.75) is 154 Å². The Morgan fingerprint density at radius 2 is 0.318 bits per heavy atom. The molecule has 0 unspecified atom stereocenters. The van der Waals surface area contributed by atoms with Crippen LogP contribution in [0.5, 0.6) is 0 Å². The van der Waals surface area contributed by atoms with E-state index in [9.17, 15) is 0 Å². The van der Waals surface area contributed by atoms with Crippen LogP contribution in [0.3, 0.4) is 0 Å². The first kappa shape index (κ1) is 31.6. The lowest BCUT2D eigenvalue weighted by Gasteiger charge is -2.55. The van der Waals surface area contributed by atoms with Crippen molar-refractivity contribution in [3.63, 3.8) is 0 Å². The molecule has 0 nitrogen and oxygen atoms in total. The summed E-state index contributed by atoms with van der Waals surface area (Å²) in [5.41, 5.74) is 0. The largest absolute Gasteiger partial charge is 0.0885 e. The fourth-order valence-corrected chi connectivity index (χ4v) is 13.7. The molecule has 8 rings (SSSR count). The number of hydrogen-bond acceptors (Lipinski definition) is 0. The lowest BCUT2D eigenvalue weighted by atomic mass is 9.50. The van der Waals surface area contributed by atoms with Gasteiger partial charge in [-0.2, -0.15) is 0 Å². The molecule has 0 bridgehead atoms. The minimum atomic E-state index is 1.06. The first-order valence-corrected chi connectivity index (χ1v) is 20.5. The van der Waals surface area contributed by atoms with Gasteiger partial charge in [0.2, 0.25) is 0 Å². The molecule has 0 spiro atoms. The fraction of sp³-hybridized carbons (Fsp3) is 0.818. The highest BCUT2D eigenvalue weighted by Gasteiger charge is 2.50. The van der Waals surface area contributed by atoms with Crippen molar-refractivity contribution in [1.82, 2.24) is 0 Å². The molecule has 4 fully saturated rings. The lowest BCUT2D eigenvalue weighted by Crippen LogP contribution is -2.48. The van der Waals surface area contributed by atoms with Crippen LogP contribution in [0.4, 0.5) is 0 Å². The highest BCUT2D eigenvalue weighted by Crippen LogP contribution is 2.58. The second-order valence-electron chi connectivity index (χ2n) is 17.0. The zero-order valence-electron chi connectivity index (χ0n) is 28.5. The maximum Gasteiger partial charge on any atom is -0.0348 e. The molecule has 0 amide bonds. The van der Waals surface area contributed by atoms with Crippen LogP contribution in [0, 0.1) is 71.0 Å². The lowest BCUT2D eigenvalue weighted by molar-refractivity contribution is -0.0558. The van der Waals surface area contributed by atoms with Gasteiger partial charge in [-0.3, -0.25) is 0 Å². The van der Waals surface area contributed by atoms with Gasteiger partial charge in [-0.15, -0.1) is 0 Å².